The average molecular weight is 455 g/mol. The summed E-state index contributed by atoms with van der Waals surface area (Å²) >= 11 is 6.39. The first-order valence-electron chi connectivity index (χ1n) is 9.96. The minimum atomic E-state index is -0.341. The number of carbonyl (C=O) groups is 1. The largest absolute Gasteiger partial charge is 0.375 e. The van der Waals surface area contributed by atoms with Gasteiger partial charge in [-0.05, 0) is 37.3 Å². The molecule has 32 heavy (non-hydrogen) atoms. The highest BCUT2D eigenvalue weighted by Crippen LogP contribution is 2.36. The van der Waals surface area contributed by atoms with Gasteiger partial charge in [0.2, 0.25) is 0 Å². The van der Waals surface area contributed by atoms with E-state index < -0.39 is 0 Å². The Hall–Kier alpha value is -3.49. The Morgan fingerprint density at radius 2 is 1.94 bits per heavy atom. The van der Waals surface area contributed by atoms with Crippen LogP contribution >= 0.6 is 11.6 Å². The Morgan fingerprint density at radius 1 is 1.16 bits per heavy atom. The number of carbonyl (C=O) groups excluding carboxylic acids is 1. The number of fused-ring (bicyclic) bond motifs is 1. The van der Waals surface area contributed by atoms with E-state index in [0.717, 1.165) is 10.9 Å². The van der Waals surface area contributed by atoms with Crippen molar-refractivity contribution < 1.29 is 18.4 Å². The number of nitrogens with one attached hydrogen (secondary N) is 2. The SMILES string of the molecule is CCOCC(=O)Nc1c(Cl)nc2ccccc2c1NCc1cc(-c2ccc(F)cc2)no1. The summed E-state index contributed by atoms with van der Waals surface area (Å²) in [5.41, 5.74) is 2.96. The van der Waals surface area contributed by atoms with Crippen molar-refractivity contribution >= 4 is 39.8 Å². The van der Waals surface area contributed by atoms with Crippen LogP contribution in [0.5, 0.6) is 0 Å². The molecule has 0 aliphatic heterocycles. The zero-order valence-electron chi connectivity index (χ0n) is 17.2. The number of halogens is 2. The van der Waals surface area contributed by atoms with Gasteiger partial charge in [-0.25, -0.2) is 9.37 Å². The van der Waals surface area contributed by atoms with Crippen LogP contribution in [0.4, 0.5) is 15.8 Å². The number of hydrogen-bond donors (Lipinski definition) is 2. The third kappa shape index (κ3) is 4.87. The van der Waals surface area contributed by atoms with Gasteiger partial charge in [0.1, 0.15) is 23.8 Å². The molecule has 0 unspecified atom stereocenters. The minimum absolute atomic E-state index is 0.0950. The molecular weight excluding hydrogens is 435 g/mol. The van der Waals surface area contributed by atoms with Gasteiger partial charge in [-0.15, -0.1) is 0 Å². The van der Waals surface area contributed by atoms with Gasteiger partial charge in [0.15, 0.2) is 10.9 Å². The molecule has 0 saturated heterocycles. The van der Waals surface area contributed by atoms with Crippen LogP contribution in [0.1, 0.15) is 12.7 Å². The summed E-state index contributed by atoms with van der Waals surface area (Å²) in [5.74, 6) is -0.112. The second-order valence-corrected chi connectivity index (χ2v) is 7.25. The van der Waals surface area contributed by atoms with Gasteiger partial charge < -0.3 is 19.9 Å². The van der Waals surface area contributed by atoms with Crippen LogP contribution in [-0.2, 0) is 16.1 Å². The number of benzene rings is 2. The molecule has 0 saturated carbocycles. The Morgan fingerprint density at radius 3 is 2.72 bits per heavy atom. The van der Waals surface area contributed by atoms with E-state index in [1.807, 2.05) is 31.2 Å². The van der Waals surface area contributed by atoms with E-state index in [1.54, 1.807) is 18.2 Å². The van der Waals surface area contributed by atoms with Crippen molar-refractivity contribution in [3.8, 4) is 11.3 Å². The Balaban J connectivity index is 1.61. The molecule has 4 aromatic rings. The van der Waals surface area contributed by atoms with Gasteiger partial charge in [-0.3, -0.25) is 4.79 Å². The maximum atomic E-state index is 13.2. The molecule has 2 heterocycles. The third-order valence-corrected chi connectivity index (χ3v) is 4.96. The van der Waals surface area contributed by atoms with Gasteiger partial charge in [-0.2, -0.15) is 0 Å². The van der Waals surface area contributed by atoms with Crippen LogP contribution in [0.15, 0.2) is 59.1 Å². The van der Waals surface area contributed by atoms with Crippen LogP contribution in [-0.4, -0.2) is 29.3 Å². The maximum Gasteiger partial charge on any atom is 0.250 e. The number of anilines is 2. The van der Waals surface area contributed by atoms with Crippen LogP contribution < -0.4 is 10.6 Å². The maximum absolute atomic E-state index is 13.2. The lowest BCUT2D eigenvalue weighted by atomic mass is 10.1. The lowest BCUT2D eigenvalue weighted by molar-refractivity contribution is -0.120. The molecule has 1 amide bonds. The van der Waals surface area contributed by atoms with Gasteiger partial charge in [-0.1, -0.05) is 35.0 Å². The smallest absolute Gasteiger partial charge is 0.250 e. The van der Waals surface area contributed by atoms with Crippen molar-refractivity contribution in [3.05, 3.63) is 71.3 Å². The predicted octanol–water partition coefficient (Wildman–Crippen LogP) is 5.27. The Bertz CT molecular complexity index is 1240. The van der Waals surface area contributed by atoms with E-state index in [2.05, 4.69) is 20.8 Å². The molecule has 0 bridgehead atoms. The normalized spacial score (nSPS) is 11.0. The number of hydrogen-bond acceptors (Lipinski definition) is 6. The summed E-state index contributed by atoms with van der Waals surface area (Å²) in [6.45, 7) is 2.40. The number of para-hydroxylation sites is 1. The molecule has 2 aromatic heterocycles. The van der Waals surface area contributed by atoms with Gasteiger partial charge in [0.05, 0.1) is 17.7 Å². The van der Waals surface area contributed by atoms with Crippen molar-refractivity contribution in [2.45, 2.75) is 13.5 Å². The van der Waals surface area contributed by atoms with Crippen LogP contribution in [0.3, 0.4) is 0 Å². The summed E-state index contributed by atoms with van der Waals surface area (Å²) < 4.78 is 23.8. The Labute approximate surface area is 188 Å². The van der Waals surface area contributed by atoms with Gasteiger partial charge in [0, 0.05) is 23.6 Å². The van der Waals surface area contributed by atoms with Crippen LogP contribution in [0, 0.1) is 5.82 Å². The molecular formula is C23H20ClFN4O3. The number of rotatable bonds is 8. The molecule has 4 rings (SSSR count). The third-order valence-electron chi connectivity index (χ3n) is 4.69. The van der Waals surface area contributed by atoms with Crippen LogP contribution in [0.25, 0.3) is 22.2 Å². The van der Waals surface area contributed by atoms with Gasteiger partial charge in [0.25, 0.3) is 5.91 Å². The number of aromatic nitrogens is 2. The van der Waals surface area contributed by atoms with Crippen molar-refractivity contribution in [1.29, 1.82) is 0 Å². The van der Waals surface area contributed by atoms with E-state index in [-0.39, 0.29) is 30.0 Å². The number of ether oxygens (including phenoxy) is 1. The summed E-state index contributed by atoms with van der Waals surface area (Å²) in [5, 5.41) is 11.0. The average Bonchev–Trinajstić information content (AvgIpc) is 3.27. The lowest BCUT2D eigenvalue weighted by Crippen LogP contribution is -2.20. The number of pyridine rings is 1. The standard InChI is InChI=1S/C23H20ClFN4O3/c1-2-31-13-20(30)28-22-21(17-5-3-4-6-18(17)27-23(22)24)26-12-16-11-19(29-32-16)14-7-9-15(25)10-8-14/h3-11H,2,12-13H2,1H3,(H,26,27)(H,28,30). The quantitative estimate of drug-likeness (QED) is 0.352. The highest BCUT2D eigenvalue weighted by Gasteiger charge is 2.17. The lowest BCUT2D eigenvalue weighted by Gasteiger charge is -2.16. The first-order chi connectivity index (χ1) is 15.5. The van der Waals surface area contributed by atoms with Crippen molar-refractivity contribution in [3.63, 3.8) is 0 Å². The first kappa shape index (κ1) is 21.7. The van der Waals surface area contributed by atoms with Crippen molar-refractivity contribution in [2.24, 2.45) is 0 Å². The molecule has 164 valence electrons. The fraction of sp³-hybridized carbons (Fsp3) is 0.174. The summed E-state index contributed by atoms with van der Waals surface area (Å²) in [7, 11) is 0. The van der Waals surface area contributed by atoms with Crippen molar-refractivity contribution in [1.82, 2.24) is 10.1 Å². The summed E-state index contributed by atoms with van der Waals surface area (Å²) in [6.07, 6.45) is 0. The molecule has 0 aliphatic carbocycles. The molecule has 9 heteroatoms. The van der Waals surface area contributed by atoms with E-state index in [1.165, 1.54) is 12.1 Å². The number of amides is 1. The minimum Gasteiger partial charge on any atom is -0.375 e. The molecule has 0 atom stereocenters. The zero-order valence-corrected chi connectivity index (χ0v) is 17.9. The van der Waals surface area contributed by atoms with E-state index in [0.29, 0.717) is 35.0 Å². The van der Waals surface area contributed by atoms with E-state index in [4.69, 9.17) is 20.9 Å². The molecule has 7 nitrogen and oxygen atoms in total. The molecule has 2 aromatic carbocycles. The zero-order chi connectivity index (χ0) is 22.5. The van der Waals surface area contributed by atoms with Crippen LogP contribution in [0.2, 0.25) is 5.15 Å². The molecule has 0 fully saturated rings. The first-order valence-corrected chi connectivity index (χ1v) is 10.3. The summed E-state index contributed by atoms with van der Waals surface area (Å²) in [4.78, 5) is 16.6. The Kier molecular flexibility index (Phi) is 6.63. The van der Waals surface area contributed by atoms with Gasteiger partial charge >= 0.3 is 0 Å². The molecule has 0 radical (unpaired) electrons. The predicted molar refractivity (Wildman–Crippen MR) is 121 cm³/mol. The fourth-order valence-electron chi connectivity index (χ4n) is 3.18. The second-order valence-electron chi connectivity index (χ2n) is 6.89. The van der Waals surface area contributed by atoms with Crippen molar-refractivity contribution in [2.75, 3.05) is 23.8 Å². The summed E-state index contributed by atoms with van der Waals surface area (Å²) in [6, 6.07) is 15.2. The highest BCUT2D eigenvalue weighted by molar-refractivity contribution is 6.34. The molecule has 0 spiro atoms. The molecule has 0 aliphatic rings. The topological polar surface area (TPSA) is 89.3 Å². The second kappa shape index (κ2) is 9.76. The molecule has 2 N–H and O–H groups in total. The van der Waals surface area contributed by atoms with E-state index in [9.17, 15) is 9.18 Å². The highest BCUT2D eigenvalue weighted by atomic mass is 35.5. The monoisotopic (exact) mass is 454 g/mol. The fourth-order valence-corrected chi connectivity index (χ4v) is 3.41. The van der Waals surface area contributed by atoms with E-state index >= 15 is 0 Å². The number of nitrogens with zero attached hydrogens (tertiary/aromatic N) is 2.